The minimum Gasteiger partial charge on any atom is -0.497 e. The molecule has 18 heavy (non-hydrogen) atoms. The van der Waals surface area contributed by atoms with Gasteiger partial charge in [0.2, 0.25) is 0 Å². The third-order valence-corrected chi connectivity index (χ3v) is 3.02. The van der Waals surface area contributed by atoms with Crippen LogP contribution in [-0.2, 0) is 6.54 Å². The van der Waals surface area contributed by atoms with Crippen LogP contribution in [0.4, 0.5) is 0 Å². The summed E-state index contributed by atoms with van der Waals surface area (Å²) in [7, 11) is 1.68. The molecule has 0 fully saturated rings. The highest BCUT2D eigenvalue weighted by molar-refractivity contribution is 5.29. The van der Waals surface area contributed by atoms with Gasteiger partial charge in [0.05, 0.1) is 13.4 Å². The van der Waals surface area contributed by atoms with Crippen molar-refractivity contribution in [3.63, 3.8) is 0 Å². The van der Waals surface area contributed by atoms with Gasteiger partial charge in [-0.2, -0.15) is 0 Å². The van der Waals surface area contributed by atoms with Gasteiger partial charge in [0.25, 0.3) is 0 Å². The molecule has 2 N–H and O–H groups in total. The molecule has 0 saturated carbocycles. The van der Waals surface area contributed by atoms with Crippen LogP contribution in [0.2, 0.25) is 0 Å². The van der Waals surface area contributed by atoms with Crippen molar-refractivity contribution in [3.05, 3.63) is 48.0 Å². The number of nitrogens with zero attached hydrogens (tertiary/aromatic N) is 1. The van der Waals surface area contributed by atoms with E-state index >= 15 is 0 Å². The smallest absolute Gasteiger partial charge is 0.118 e. The first-order valence-electron chi connectivity index (χ1n) is 6.18. The molecule has 1 aromatic heterocycles. The quantitative estimate of drug-likeness (QED) is 0.822. The fourth-order valence-electron chi connectivity index (χ4n) is 1.95. The number of hydrogen-bond acceptors (Lipinski definition) is 3. The van der Waals surface area contributed by atoms with Crippen molar-refractivity contribution in [2.45, 2.75) is 25.9 Å². The Morgan fingerprint density at radius 1 is 1.33 bits per heavy atom. The lowest BCUT2D eigenvalue weighted by molar-refractivity contribution is 0.414. The first-order valence-corrected chi connectivity index (χ1v) is 6.18. The van der Waals surface area contributed by atoms with Crippen LogP contribution in [0.1, 0.15) is 30.6 Å². The number of methoxy groups -OCH3 is 1. The lowest BCUT2D eigenvalue weighted by Gasteiger charge is -2.17. The number of nitrogens with one attached hydrogen (secondary N) is 2. The molecule has 0 aliphatic rings. The topological polar surface area (TPSA) is 49.9 Å². The number of ether oxygens (including phenoxy) is 1. The summed E-state index contributed by atoms with van der Waals surface area (Å²) in [5.74, 6) is 0.891. The maximum atomic E-state index is 5.17. The molecule has 0 aliphatic heterocycles. The number of rotatable bonds is 6. The fraction of sp³-hybridized carbons (Fsp3) is 0.357. The SMILES string of the molecule is CCC(NCc1cnc[nH]1)c1ccc(OC)cc1. The predicted octanol–water partition coefficient (Wildman–Crippen LogP) is 2.66. The van der Waals surface area contributed by atoms with Crippen LogP contribution in [0.25, 0.3) is 0 Å². The molecule has 4 heteroatoms. The Hall–Kier alpha value is -1.81. The number of aromatic nitrogens is 2. The lowest BCUT2D eigenvalue weighted by atomic mass is 10.0. The van der Waals surface area contributed by atoms with Gasteiger partial charge in [-0.3, -0.25) is 0 Å². The van der Waals surface area contributed by atoms with Crippen molar-refractivity contribution in [1.29, 1.82) is 0 Å². The molecule has 0 saturated heterocycles. The number of H-pyrrole nitrogens is 1. The van der Waals surface area contributed by atoms with Gasteiger partial charge in [0.1, 0.15) is 5.75 Å². The van der Waals surface area contributed by atoms with Gasteiger partial charge in [-0.25, -0.2) is 4.98 Å². The summed E-state index contributed by atoms with van der Waals surface area (Å²) in [6.45, 7) is 2.97. The predicted molar refractivity (Wildman–Crippen MR) is 71.5 cm³/mol. The molecule has 0 aliphatic carbocycles. The summed E-state index contributed by atoms with van der Waals surface area (Å²) in [6.07, 6.45) is 4.58. The number of imidazole rings is 1. The summed E-state index contributed by atoms with van der Waals surface area (Å²) in [5, 5.41) is 3.51. The second-order valence-corrected chi connectivity index (χ2v) is 4.19. The van der Waals surface area contributed by atoms with E-state index in [-0.39, 0.29) is 0 Å². The molecule has 1 unspecified atom stereocenters. The second-order valence-electron chi connectivity index (χ2n) is 4.19. The summed E-state index contributed by atoms with van der Waals surface area (Å²) in [6, 6.07) is 8.55. The van der Waals surface area contributed by atoms with Crippen LogP contribution in [0.5, 0.6) is 5.75 Å². The number of aromatic amines is 1. The molecular weight excluding hydrogens is 226 g/mol. The molecular formula is C14H19N3O. The first kappa shape index (κ1) is 12.6. The molecule has 96 valence electrons. The van der Waals surface area contributed by atoms with Crippen LogP contribution >= 0.6 is 0 Å². The number of hydrogen-bond donors (Lipinski definition) is 2. The van der Waals surface area contributed by atoms with Crippen molar-refractivity contribution in [3.8, 4) is 5.75 Å². The Morgan fingerprint density at radius 2 is 2.11 bits per heavy atom. The van der Waals surface area contributed by atoms with Gasteiger partial charge < -0.3 is 15.0 Å². The van der Waals surface area contributed by atoms with E-state index in [1.165, 1.54) is 5.56 Å². The van der Waals surface area contributed by atoms with E-state index < -0.39 is 0 Å². The third-order valence-electron chi connectivity index (χ3n) is 3.02. The molecule has 2 aromatic rings. The van der Waals surface area contributed by atoms with Gasteiger partial charge in [-0.05, 0) is 24.1 Å². The van der Waals surface area contributed by atoms with E-state index in [0.717, 1.165) is 24.4 Å². The molecule has 4 nitrogen and oxygen atoms in total. The van der Waals surface area contributed by atoms with E-state index in [0.29, 0.717) is 6.04 Å². The Labute approximate surface area is 107 Å². The lowest BCUT2D eigenvalue weighted by Crippen LogP contribution is -2.20. The summed E-state index contributed by atoms with van der Waals surface area (Å²) < 4.78 is 5.17. The normalized spacial score (nSPS) is 12.3. The fourth-order valence-corrected chi connectivity index (χ4v) is 1.95. The standard InChI is InChI=1S/C14H19N3O/c1-3-14(16-9-12-8-15-10-17-12)11-4-6-13(18-2)7-5-11/h4-8,10,14,16H,3,9H2,1-2H3,(H,15,17). The highest BCUT2D eigenvalue weighted by atomic mass is 16.5. The van der Waals surface area contributed by atoms with Crippen molar-refractivity contribution >= 4 is 0 Å². The molecule has 1 aromatic carbocycles. The first-order chi connectivity index (χ1) is 8.83. The van der Waals surface area contributed by atoms with Crippen LogP contribution in [-0.4, -0.2) is 17.1 Å². The average molecular weight is 245 g/mol. The Morgan fingerprint density at radius 3 is 2.67 bits per heavy atom. The zero-order chi connectivity index (χ0) is 12.8. The van der Waals surface area contributed by atoms with Crippen molar-refractivity contribution in [1.82, 2.24) is 15.3 Å². The van der Waals surface area contributed by atoms with E-state index in [1.807, 2.05) is 18.3 Å². The molecule has 0 radical (unpaired) electrons. The molecule has 0 amide bonds. The van der Waals surface area contributed by atoms with Gasteiger partial charge in [-0.15, -0.1) is 0 Å². The zero-order valence-corrected chi connectivity index (χ0v) is 10.8. The number of benzene rings is 1. The van der Waals surface area contributed by atoms with Crippen molar-refractivity contribution in [2.24, 2.45) is 0 Å². The zero-order valence-electron chi connectivity index (χ0n) is 10.8. The molecule has 0 bridgehead atoms. The molecule has 0 spiro atoms. The third kappa shape index (κ3) is 3.11. The van der Waals surface area contributed by atoms with E-state index in [2.05, 4.69) is 34.3 Å². The monoisotopic (exact) mass is 245 g/mol. The highest BCUT2D eigenvalue weighted by Crippen LogP contribution is 2.20. The summed E-state index contributed by atoms with van der Waals surface area (Å²) in [5.41, 5.74) is 2.37. The van der Waals surface area contributed by atoms with E-state index in [9.17, 15) is 0 Å². The molecule has 2 rings (SSSR count). The van der Waals surface area contributed by atoms with Gasteiger partial charge in [0, 0.05) is 24.5 Å². The maximum absolute atomic E-state index is 5.17. The molecule has 1 heterocycles. The Kier molecular flexibility index (Phi) is 4.36. The van der Waals surface area contributed by atoms with Gasteiger partial charge >= 0.3 is 0 Å². The second kappa shape index (κ2) is 6.21. The van der Waals surface area contributed by atoms with E-state index in [4.69, 9.17) is 4.74 Å². The minimum atomic E-state index is 0.346. The Bertz CT molecular complexity index is 450. The summed E-state index contributed by atoms with van der Waals surface area (Å²) >= 11 is 0. The highest BCUT2D eigenvalue weighted by Gasteiger charge is 2.08. The largest absolute Gasteiger partial charge is 0.497 e. The summed E-state index contributed by atoms with van der Waals surface area (Å²) in [4.78, 5) is 7.10. The van der Waals surface area contributed by atoms with Gasteiger partial charge in [-0.1, -0.05) is 19.1 Å². The van der Waals surface area contributed by atoms with Gasteiger partial charge in [0.15, 0.2) is 0 Å². The maximum Gasteiger partial charge on any atom is 0.118 e. The van der Waals surface area contributed by atoms with Crippen LogP contribution in [0.3, 0.4) is 0 Å². The van der Waals surface area contributed by atoms with Crippen molar-refractivity contribution < 1.29 is 4.74 Å². The van der Waals surface area contributed by atoms with Crippen LogP contribution in [0, 0.1) is 0 Å². The average Bonchev–Trinajstić information content (AvgIpc) is 2.93. The molecule has 1 atom stereocenters. The van der Waals surface area contributed by atoms with Crippen LogP contribution < -0.4 is 10.1 Å². The minimum absolute atomic E-state index is 0.346. The van der Waals surface area contributed by atoms with Crippen LogP contribution in [0.15, 0.2) is 36.8 Å². The Balaban J connectivity index is 1.98. The van der Waals surface area contributed by atoms with E-state index in [1.54, 1.807) is 13.4 Å². The van der Waals surface area contributed by atoms with Crippen molar-refractivity contribution in [2.75, 3.05) is 7.11 Å².